The van der Waals surface area contributed by atoms with Gasteiger partial charge in [-0.25, -0.2) is 0 Å². The van der Waals surface area contributed by atoms with E-state index in [9.17, 15) is 0 Å². The predicted molar refractivity (Wildman–Crippen MR) is 92.1 cm³/mol. The van der Waals surface area contributed by atoms with E-state index in [2.05, 4.69) is 68.4 Å². The van der Waals surface area contributed by atoms with Crippen LogP contribution in [0.5, 0.6) is 0 Å². The Morgan fingerprint density at radius 3 is 1.86 bits per heavy atom. The van der Waals surface area contributed by atoms with Gasteiger partial charge in [0.05, 0.1) is 0 Å². The van der Waals surface area contributed by atoms with Gasteiger partial charge in [-0.1, -0.05) is 81.3 Å². The largest absolute Gasteiger partial charge is 0.631 e. The second-order valence-corrected chi connectivity index (χ2v) is 5.51. The van der Waals surface area contributed by atoms with Crippen LogP contribution in [0.1, 0.15) is 32.3 Å². The monoisotopic (exact) mass is 300 g/mol. The lowest BCUT2D eigenvalue weighted by atomic mass is 9.95. The zero-order chi connectivity index (χ0) is 16.4. The molecule has 118 valence electrons. The van der Waals surface area contributed by atoms with Gasteiger partial charge in [0.2, 0.25) is 0 Å². The third-order valence-corrected chi connectivity index (χ3v) is 3.43. The summed E-state index contributed by atoms with van der Waals surface area (Å²) in [6, 6.07) is 19.6. The van der Waals surface area contributed by atoms with Crippen LogP contribution in [-0.2, 0) is 6.42 Å². The maximum atomic E-state index is 7.17. The summed E-state index contributed by atoms with van der Waals surface area (Å²) in [5, 5.41) is 21.5. The smallest absolute Gasteiger partial charge is 0.402 e. The summed E-state index contributed by atoms with van der Waals surface area (Å²) in [4.78, 5) is 0. The minimum absolute atomic E-state index is 0.789. The van der Waals surface area contributed by atoms with Gasteiger partial charge in [0.1, 0.15) is 0 Å². The standard InChI is InChI=1S/C18H22.BH3O3/c1-3-7-15(2)14-16-10-12-18(13-11-16)17-8-5-4-6-9-17;2-1(3)4/h4-6,8-13,15H,3,7,14H2,1-2H3;2-4H. The van der Waals surface area contributed by atoms with Crippen molar-refractivity contribution in [2.75, 3.05) is 0 Å². The minimum atomic E-state index is -2.17. The molecule has 0 spiro atoms. The van der Waals surface area contributed by atoms with Crippen LogP contribution in [0.2, 0.25) is 0 Å². The summed E-state index contributed by atoms with van der Waals surface area (Å²) >= 11 is 0. The first-order chi connectivity index (χ1) is 10.5. The van der Waals surface area contributed by atoms with Gasteiger partial charge in [0.25, 0.3) is 0 Å². The Morgan fingerprint density at radius 2 is 1.36 bits per heavy atom. The number of hydrogen-bond acceptors (Lipinski definition) is 3. The van der Waals surface area contributed by atoms with E-state index < -0.39 is 7.32 Å². The highest BCUT2D eigenvalue weighted by Gasteiger charge is 2.03. The average Bonchev–Trinajstić information content (AvgIpc) is 2.48. The fraction of sp³-hybridized carbons (Fsp3) is 0.333. The van der Waals surface area contributed by atoms with Crippen LogP contribution in [0.4, 0.5) is 0 Å². The third kappa shape index (κ3) is 7.41. The van der Waals surface area contributed by atoms with Crippen LogP contribution in [0, 0.1) is 5.92 Å². The molecule has 0 aliphatic rings. The molecule has 2 rings (SSSR count). The van der Waals surface area contributed by atoms with Gasteiger partial charge in [0, 0.05) is 0 Å². The van der Waals surface area contributed by atoms with Crippen molar-refractivity contribution in [2.24, 2.45) is 5.92 Å². The molecule has 3 N–H and O–H groups in total. The summed E-state index contributed by atoms with van der Waals surface area (Å²) in [6.07, 6.45) is 3.80. The Bertz CT molecular complexity index is 509. The fourth-order valence-electron chi connectivity index (χ4n) is 2.46. The van der Waals surface area contributed by atoms with Crippen LogP contribution in [0.15, 0.2) is 54.6 Å². The van der Waals surface area contributed by atoms with Gasteiger partial charge in [-0.15, -0.1) is 0 Å². The molecule has 0 amide bonds. The van der Waals surface area contributed by atoms with Gasteiger partial charge in [-0.05, 0) is 29.0 Å². The van der Waals surface area contributed by atoms with Gasteiger partial charge in [-0.3, -0.25) is 0 Å². The van der Waals surface area contributed by atoms with Crippen molar-refractivity contribution >= 4 is 7.32 Å². The second-order valence-electron chi connectivity index (χ2n) is 5.51. The van der Waals surface area contributed by atoms with Crippen LogP contribution in [-0.4, -0.2) is 22.4 Å². The third-order valence-electron chi connectivity index (χ3n) is 3.43. The fourth-order valence-corrected chi connectivity index (χ4v) is 2.46. The minimum Gasteiger partial charge on any atom is -0.402 e. The molecule has 0 aliphatic heterocycles. The summed E-state index contributed by atoms with van der Waals surface area (Å²) in [5.41, 5.74) is 4.06. The van der Waals surface area contributed by atoms with E-state index in [1.807, 2.05) is 0 Å². The molecule has 2 aromatic carbocycles. The molecule has 0 saturated carbocycles. The highest BCUT2D eigenvalue weighted by atomic mass is 16.5. The molecule has 0 saturated heterocycles. The van der Waals surface area contributed by atoms with Gasteiger partial charge < -0.3 is 15.1 Å². The van der Waals surface area contributed by atoms with Crippen molar-refractivity contribution in [2.45, 2.75) is 33.1 Å². The van der Waals surface area contributed by atoms with Crippen LogP contribution in [0.25, 0.3) is 11.1 Å². The quantitative estimate of drug-likeness (QED) is 0.743. The average molecular weight is 300 g/mol. The molecule has 0 fully saturated rings. The van der Waals surface area contributed by atoms with Crippen LogP contribution in [0.3, 0.4) is 0 Å². The Labute approximate surface area is 133 Å². The van der Waals surface area contributed by atoms with E-state index in [4.69, 9.17) is 15.1 Å². The Kier molecular flexibility index (Phi) is 8.52. The van der Waals surface area contributed by atoms with E-state index in [1.54, 1.807) is 0 Å². The van der Waals surface area contributed by atoms with Crippen LogP contribution >= 0.6 is 0 Å². The molecule has 0 aromatic heterocycles. The van der Waals surface area contributed by atoms with E-state index >= 15 is 0 Å². The molecule has 4 heteroatoms. The zero-order valence-corrected chi connectivity index (χ0v) is 13.3. The maximum Gasteiger partial charge on any atom is 0.631 e. The lowest BCUT2D eigenvalue weighted by molar-refractivity contribution is 0.278. The van der Waals surface area contributed by atoms with E-state index in [0.717, 1.165) is 5.92 Å². The van der Waals surface area contributed by atoms with Crippen molar-refractivity contribution < 1.29 is 15.1 Å². The summed E-state index contributed by atoms with van der Waals surface area (Å²) in [6.45, 7) is 4.60. The normalized spacial score (nSPS) is 11.3. The Balaban J connectivity index is 0.000000541. The molecule has 1 unspecified atom stereocenters. The first-order valence-electron chi connectivity index (χ1n) is 7.71. The second kappa shape index (κ2) is 10.2. The SMILES string of the molecule is CCCC(C)Cc1ccc(-c2ccccc2)cc1.OB(O)O. The van der Waals surface area contributed by atoms with Gasteiger partial charge >= 0.3 is 7.32 Å². The number of benzene rings is 2. The van der Waals surface area contributed by atoms with Crippen molar-refractivity contribution in [3.63, 3.8) is 0 Å². The highest BCUT2D eigenvalue weighted by Crippen LogP contribution is 2.21. The van der Waals surface area contributed by atoms with E-state index in [-0.39, 0.29) is 0 Å². The maximum absolute atomic E-state index is 7.17. The molecule has 0 radical (unpaired) electrons. The summed E-state index contributed by atoms with van der Waals surface area (Å²) in [7, 11) is -2.17. The first-order valence-corrected chi connectivity index (χ1v) is 7.71. The predicted octanol–water partition coefficient (Wildman–Crippen LogP) is 3.28. The van der Waals surface area contributed by atoms with Gasteiger partial charge in [0.15, 0.2) is 0 Å². The molecule has 1 atom stereocenters. The first kappa shape index (κ1) is 18.4. The number of rotatable bonds is 5. The molecule has 2 aromatic rings. The lowest BCUT2D eigenvalue weighted by Crippen LogP contribution is -2.07. The topological polar surface area (TPSA) is 60.7 Å². The van der Waals surface area contributed by atoms with E-state index in [0.29, 0.717) is 0 Å². The number of hydrogen-bond donors (Lipinski definition) is 3. The Morgan fingerprint density at radius 1 is 0.864 bits per heavy atom. The molecule has 3 nitrogen and oxygen atoms in total. The summed E-state index contributed by atoms with van der Waals surface area (Å²) < 4.78 is 0. The van der Waals surface area contributed by atoms with Crippen molar-refractivity contribution in [3.05, 3.63) is 60.2 Å². The summed E-state index contributed by atoms with van der Waals surface area (Å²) in [5.74, 6) is 0.789. The zero-order valence-electron chi connectivity index (χ0n) is 13.3. The van der Waals surface area contributed by atoms with Crippen molar-refractivity contribution in [3.8, 4) is 11.1 Å². The molecular formula is C18H25BO3. The molecule has 0 bridgehead atoms. The van der Waals surface area contributed by atoms with Crippen molar-refractivity contribution in [1.82, 2.24) is 0 Å². The highest BCUT2D eigenvalue weighted by molar-refractivity contribution is 6.30. The Hall–Kier alpha value is -1.62. The molecular weight excluding hydrogens is 275 g/mol. The van der Waals surface area contributed by atoms with E-state index in [1.165, 1.54) is 36.0 Å². The van der Waals surface area contributed by atoms with Gasteiger partial charge in [-0.2, -0.15) is 0 Å². The molecule has 22 heavy (non-hydrogen) atoms. The van der Waals surface area contributed by atoms with Crippen LogP contribution < -0.4 is 0 Å². The molecule has 0 aliphatic carbocycles. The lowest BCUT2D eigenvalue weighted by Gasteiger charge is -2.10. The van der Waals surface area contributed by atoms with Crippen molar-refractivity contribution in [1.29, 1.82) is 0 Å². The molecule has 0 heterocycles.